The molecule has 4 saturated heterocycles. The number of hydrogen-bond donors (Lipinski definition) is 2. The Labute approximate surface area is 424 Å². The van der Waals surface area contributed by atoms with Crippen molar-refractivity contribution in [2.75, 3.05) is 0 Å². The van der Waals surface area contributed by atoms with E-state index in [1.807, 2.05) is 0 Å². The van der Waals surface area contributed by atoms with Gasteiger partial charge in [-0.2, -0.15) is 0 Å². The van der Waals surface area contributed by atoms with Crippen LogP contribution in [0.3, 0.4) is 0 Å². The summed E-state index contributed by atoms with van der Waals surface area (Å²) in [5.74, 6) is 0. The van der Waals surface area contributed by atoms with Crippen molar-refractivity contribution < 1.29 is 54.9 Å². The summed E-state index contributed by atoms with van der Waals surface area (Å²) in [7, 11) is -34.1. The lowest BCUT2D eigenvalue weighted by atomic mass is 10.0. The van der Waals surface area contributed by atoms with Crippen molar-refractivity contribution in [1.29, 1.82) is 0 Å². The zero-order valence-corrected chi connectivity index (χ0v) is 50.3. The molecule has 6 bridgehead atoms. The van der Waals surface area contributed by atoms with E-state index in [1.54, 1.807) is 0 Å². The molecule has 12 fully saturated rings. The molecule has 21 heteroatoms. The number of rotatable bonds is 8. The Morgan fingerprint density at radius 3 is 0.464 bits per heavy atom. The van der Waals surface area contributed by atoms with E-state index in [0.29, 0.717) is 0 Å². The smallest absolute Gasteiger partial charge is 0.390 e. The van der Waals surface area contributed by atoms with E-state index >= 15 is 0 Å². The fourth-order valence-corrected chi connectivity index (χ4v) is 68.2. The van der Waals surface area contributed by atoms with Crippen molar-refractivity contribution in [1.82, 2.24) is 0 Å². The first-order valence-corrected chi connectivity index (χ1v) is 44.3. The first-order chi connectivity index (χ1) is 33.6. The molecule has 0 amide bonds. The molecule has 2 N–H and O–H groups in total. The zero-order chi connectivity index (χ0) is 46.7. The standard InChI is InChI=1S/C48H90O13Si8/c49-62(41-25-9-1-10-26-41)51-64(43-29-13-3-14-30-43)55-66(45-33-17-5-18-34-45)53-63(50,42-27-11-2-12-28-42)54-67(46-35-19-6-20-36-46)56-65(52-62,44-31-15-4-16-32-44)58-68(57-64,47-37-21-7-22-38-47)61-69(59-66,60-67)48-39-23-8-24-40-48/h41-50H,1-40H2/t62?,63?,64-,65+,66+,67-,68?,69?. The van der Waals surface area contributed by atoms with Crippen LogP contribution in [0.2, 0.25) is 44.3 Å². The van der Waals surface area contributed by atoms with Gasteiger partial charge in [0.15, 0.2) is 0 Å². The minimum Gasteiger partial charge on any atom is -0.390 e. The summed E-state index contributed by atoms with van der Waals surface area (Å²) < 4.78 is 93.1. The molecule has 69 heavy (non-hydrogen) atoms. The number of fused-ring (bicyclic) bond motifs is 4. The van der Waals surface area contributed by atoms with Crippen LogP contribution < -0.4 is 0 Å². The van der Waals surface area contributed by atoms with Crippen LogP contribution in [-0.2, 0) is 45.3 Å². The highest BCUT2D eigenvalue weighted by molar-refractivity contribution is 7.02. The molecule has 8 aliphatic carbocycles. The average Bonchev–Trinajstić information content (AvgIpc) is 3.39. The minimum atomic E-state index is -4.37. The molecular weight excluding hydrogens is 1010 g/mol. The quantitative estimate of drug-likeness (QED) is 0.223. The molecule has 8 saturated carbocycles. The molecule has 0 radical (unpaired) electrons. The minimum absolute atomic E-state index is 0.0344. The third kappa shape index (κ3) is 9.74. The van der Waals surface area contributed by atoms with Crippen molar-refractivity contribution in [3.05, 3.63) is 0 Å². The van der Waals surface area contributed by atoms with Gasteiger partial charge in [-0.1, -0.05) is 154 Å². The highest BCUT2D eigenvalue weighted by Gasteiger charge is 2.85. The predicted octanol–water partition coefficient (Wildman–Crippen LogP) is 13.4. The zero-order valence-electron chi connectivity index (χ0n) is 42.3. The lowest BCUT2D eigenvalue weighted by molar-refractivity contribution is -0.0336. The van der Waals surface area contributed by atoms with Crippen molar-refractivity contribution in [3.63, 3.8) is 0 Å². The second kappa shape index (κ2) is 20.9. The Morgan fingerprint density at radius 2 is 0.304 bits per heavy atom. The van der Waals surface area contributed by atoms with Gasteiger partial charge in [-0.05, 0) is 103 Å². The summed E-state index contributed by atoms with van der Waals surface area (Å²) in [6.45, 7) is 0. The van der Waals surface area contributed by atoms with Gasteiger partial charge < -0.3 is 54.9 Å². The van der Waals surface area contributed by atoms with Gasteiger partial charge in [0.1, 0.15) is 0 Å². The van der Waals surface area contributed by atoms with Crippen molar-refractivity contribution in [3.8, 4) is 0 Å². The van der Waals surface area contributed by atoms with E-state index in [0.717, 1.165) is 244 Å². The molecule has 0 aromatic rings. The normalized spacial score (nSPS) is 46.3. The van der Waals surface area contributed by atoms with Gasteiger partial charge in [-0.15, -0.1) is 0 Å². The largest absolute Gasteiger partial charge is 0.486 e. The highest BCUT2D eigenvalue weighted by atomic mass is 28.6. The SMILES string of the molecule is O[Si]1(C2CCCCC2)O[Si@]2(C3CCCCC3)O[Si]3(C4CCCCC4)O[Si]4(C5CCCCC5)O[Si@@](C5CCCCC5)(O[Si](O)(C5CCCCC5)O[Si@@](C5CCCCC5)(O4)O2)O[Si@@](C2CCCCC2)(O1)O3. The summed E-state index contributed by atoms with van der Waals surface area (Å²) in [5, 5.41) is 0. The van der Waals surface area contributed by atoms with E-state index in [1.165, 1.54) is 12.8 Å². The molecular formula is C48H90O13Si8. The maximum absolute atomic E-state index is 14.4. The van der Waals surface area contributed by atoms with E-state index in [2.05, 4.69) is 0 Å². The lowest BCUT2D eigenvalue weighted by Crippen LogP contribution is -2.88. The van der Waals surface area contributed by atoms with Gasteiger partial charge in [0, 0.05) is 44.3 Å². The van der Waals surface area contributed by atoms with Gasteiger partial charge in [-0.3, -0.25) is 0 Å². The molecule has 4 heterocycles. The highest BCUT2D eigenvalue weighted by Crippen LogP contribution is 2.64. The molecule has 392 valence electrons. The van der Waals surface area contributed by atoms with E-state index in [-0.39, 0.29) is 44.3 Å². The van der Waals surface area contributed by atoms with Crippen molar-refractivity contribution >= 4 is 70.4 Å². The molecule has 0 aromatic carbocycles. The maximum atomic E-state index is 14.4. The van der Waals surface area contributed by atoms with Crippen LogP contribution in [0.1, 0.15) is 257 Å². The van der Waals surface area contributed by atoms with Crippen LogP contribution in [0, 0.1) is 0 Å². The van der Waals surface area contributed by atoms with Gasteiger partial charge in [-0.25, -0.2) is 0 Å². The molecule has 13 nitrogen and oxygen atoms in total. The van der Waals surface area contributed by atoms with Crippen molar-refractivity contribution in [2.24, 2.45) is 0 Å². The Kier molecular flexibility index (Phi) is 15.4. The van der Waals surface area contributed by atoms with Gasteiger partial charge >= 0.3 is 70.4 Å². The van der Waals surface area contributed by atoms with Crippen LogP contribution in [0.15, 0.2) is 0 Å². The fraction of sp³-hybridized carbons (Fsp3) is 1.00. The van der Waals surface area contributed by atoms with Crippen LogP contribution in [0.4, 0.5) is 0 Å². The monoisotopic (exact) mass is 1100 g/mol. The summed E-state index contributed by atoms with van der Waals surface area (Å²) >= 11 is 0. The molecule has 12 aliphatic rings. The van der Waals surface area contributed by atoms with E-state index < -0.39 is 70.4 Å². The Balaban J connectivity index is 1.18. The van der Waals surface area contributed by atoms with Crippen LogP contribution in [0.25, 0.3) is 0 Å². The van der Waals surface area contributed by atoms with Gasteiger partial charge in [0.05, 0.1) is 0 Å². The first-order valence-electron chi connectivity index (χ1n) is 29.8. The molecule has 4 aliphatic heterocycles. The first kappa shape index (κ1) is 51.0. The topological polar surface area (TPSA) is 142 Å². The maximum Gasteiger partial charge on any atom is 0.486 e. The second-order valence-electron chi connectivity index (χ2n) is 24.7. The third-order valence-corrected chi connectivity index (χ3v) is 57.9. The summed E-state index contributed by atoms with van der Waals surface area (Å²) in [4.78, 5) is 28.9. The molecule has 8 atom stereocenters. The molecule has 0 spiro atoms. The van der Waals surface area contributed by atoms with Crippen LogP contribution in [0.5, 0.6) is 0 Å². The molecule has 4 unspecified atom stereocenters. The fourth-order valence-electron chi connectivity index (χ4n) is 16.1. The van der Waals surface area contributed by atoms with Crippen molar-refractivity contribution in [2.45, 2.75) is 301 Å². The number of hydrogen-bond acceptors (Lipinski definition) is 13. The molecule has 12 rings (SSSR count). The second-order valence-corrected chi connectivity index (χ2v) is 50.0. The Hall–Kier alpha value is 1.22. The van der Waals surface area contributed by atoms with Crippen LogP contribution >= 0.6 is 0 Å². The summed E-state index contributed by atoms with van der Waals surface area (Å²) in [6, 6.07) is 0. The summed E-state index contributed by atoms with van der Waals surface area (Å²) in [6.07, 6.45) is 39.8. The third-order valence-electron chi connectivity index (χ3n) is 20.0. The predicted molar refractivity (Wildman–Crippen MR) is 277 cm³/mol. The lowest BCUT2D eigenvalue weighted by Gasteiger charge is -2.65. The Bertz CT molecular complexity index is 1530. The van der Waals surface area contributed by atoms with E-state index in [4.69, 9.17) is 45.3 Å². The average molecular weight is 1100 g/mol. The molecule has 0 aromatic heterocycles. The van der Waals surface area contributed by atoms with E-state index in [9.17, 15) is 9.59 Å². The van der Waals surface area contributed by atoms with Gasteiger partial charge in [0.2, 0.25) is 0 Å². The van der Waals surface area contributed by atoms with Gasteiger partial charge in [0.25, 0.3) is 0 Å². The summed E-state index contributed by atoms with van der Waals surface area (Å²) in [5.41, 5.74) is -0.943. The Morgan fingerprint density at radius 1 is 0.174 bits per heavy atom. The van der Waals surface area contributed by atoms with Crippen LogP contribution in [-0.4, -0.2) is 80.0 Å².